The van der Waals surface area contributed by atoms with Gasteiger partial charge in [-0.1, -0.05) is 24.2 Å². The third-order valence-corrected chi connectivity index (χ3v) is 6.09. The van der Waals surface area contributed by atoms with Gasteiger partial charge in [-0.05, 0) is 62.2 Å². The highest BCUT2D eigenvalue weighted by molar-refractivity contribution is 7.15. The highest BCUT2D eigenvalue weighted by Gasteiger charge is 2.30. The van der Waals surface area contributed by atoms with E-state index in [-0.39, 0.29) is 13.2 Å². The number of rotatable bonds is 10. The van der Waals surface area contributed by atoms with Crippen LogP contribution in [0.5, 0.6) is 5.75 Å². The fraction of sp³-hybridized carbons (Fsp3) is 0.320. The van der Waals surface area contributed by atoms with Crippen LogP contribution in [0.1, 0.15) is 42.0 Å². The Morgan fingerprint density at radius 1 is 1.06 bits per heavy atom. The Hall–Kier alpha value is -3.40. The molecule has 35 heavy (non-hydrogen) atoms. The van der Waals surface area contributed by atoms with Crippen LogP contribution in [0.4, 0.5) is 13.2 Å². The SMILES string of the molecule is CCOC(=O)COc1ccc(/C(CC)=N/OCc2sc(-c3ccc(C(F)(F)F)cc3)nc2C)cc1. The fourth-order valence-corrected chi connectivity index (χ4v) is 4.04. The van der Waals surface area contributed by atoms with Gasteiger partial charge >= 0.3 is 12.1 Å². The summed E-state index contributed by atoms with van der Waals surface area (Å²) in [6.07, 6.45) is -3.75. The molecule has 1 heterocycles. The van der Waals surface area contributed by atoms with Crippen molar-refractivity contribution in [2.45, 2.75) is 40.0 Å². The number of esters is 1. The Labute approximate surface area is 205 Å². The van der Waals surface area contributed by atoms with Gasteiger partial charge in [0.15, 0.2) is 13.2 Å². The average molecular weight is 507 g/mol. The summed E-state index contributed by atoms with van der Waals surface area (Å²) >= 11 is 1.35. The quantitative estimate of drug-likeness (QED) is 0.181. The second kappa shape index (κ2) is 11.8. The number of carbonyl (C=O) groups is 1. The number of ether oxygens (including phenoxy) is 2. The van der Waals surface area contributed by atoms with E-state index in [1.807, 2.05) is 26.0 Å². The Balaban J connectivity index is 1.61. The molecule has 0 unspecified atom stereocenters. The van der Waals surface area contributed by atoms with E-state index < -0.39 is 17.7 Å². The van der Waals surface area contributed by atoms with E-state index in [1.54, 1.807) is 19.1 Å². The molecule has 0 aliphatic rings. The molecule has 0 aliphatic carbocycles. The number of alkyl halides is 3. The molecule has 3 rings (SSSR count). The van der Waals surface area contributed by atoms with Gasteiger partial charge in [0.25, 0.3) is 0 Å². The van der Waals surface area contributed by atoms with E-state index in [1.165, 1.54) is 23.5 Å². The standard InChI is InChI=1S/C25H25F3N2O4S/c1-4-21(17-8-12-20(13-9-17)33-15-23(31)32-5-2)30-34-14-22-16(3)29-24(35-22)18-6-10-19(11-7-18)25(26,27)28/h6-13H,4-5,14-15H2,1-3H3/b30-21+. The zero-order chi connectivity index (χ0) is 25.4. The van der Waals surface area contributed by atoms with Crippen LogP contribution in [-0.4, -0.2) is 29.9 Å². The number of aryl methyl sites for hydroxylation is 1. The van der Waals surface area contributed by atoms with Crippen LogP contribution in [0.2, 0.25) is 0 Å². The van der Waals surface area contributed by atoms with E-state index in [9.17, 15) is 18.0 Å². The molecule has 0 spiro atoms. The van der Waals surface area contributed by atoms with Crippen LogP contribution in [0, 0.1) is 6.92 Å². The highest BCUT2D eigenvalue weighted by Crippen LogP contribution is 2.33. The number of oxime groups is 1. The number of carbonyl (C=O) groups excluding carboxylic acids is 1. The van der Waals surface area contributed by atoms with Crippen molar-refractivity contribution >= 4 is 23.0 Å². The molecule has 0 saturated carbocycles. The lowest BCUT2D eigenvalue weighted by Crippen LogP contribution is -2.14. The molecule has 0 fully saturated rings. The first-order valence-electron chi connectivity index (χ1n) is 10.9. The summed E-state index contributed by atoms with van der Waals surface area (Å²) in [6.45, 7) is 5.84. The number of thiazole rings is 1. The zero-order valence-corrected chi connectivity index (χ0v) is 20.3. The lowest BCUT2D eigenvalue weighted by Gasteiger charge is -2.08. The Kier molecular flexibility index (Phi) is 8.86. The summed E-state index contributed by atoms with van der Waals surface area (Å²) in [5, 5.41) is 4.87. The molecule has 186 valence electrons. The fourth-order valence-electron chi connectivity index (χ4n) is 3.07. The molecule has 0 N–H and O–H groups in total. The monoisotopic (exact) mass is 506 g/mol. The van der Waals surface area contributed by atoms with Gasteiger partial charge in [0.05, 0.1) is 28.5 Å². The number of nitrogens with zero attached hydrogens (tertiary/aromatic N) is 2. The summed E-state index contributed by atoms with van der Waals surface area (Å²) in [5.74, 6) is 0.106. The van der Waals surface area contributed by atoms with Gasteiger partial charge in [-0.3, -0.25) is 0 Å². The van der Waals surface area contributed by atoms with Crippen LogP contribution in [0.3, 0.4) is 0 Å². The van der Waals surface area contributed by atoms with Crippen LogP contribution < -0.4 is 4.74 Å². The Morgan fingerprint density at radius 2 is 1.74 bits per heavy atom. The van der Waals surface area contributed by atoms with Crippen LogP contribution >= 0.6 is 11.3 Å². The number of benzene rings is 2. The third kappa shape index (κ3) is 7.29. The minimum absolute atomic E-state index is 0.159. The van der Waals surface area contributed by atoms with E-state index >= 15 is 0 Å². The van der Waals surface area contributed by atoms with Crippen molar-refractivity contribution in [3.05, 3.63) is 70.2 Å². The van der Waals surface area contributed by atoms with Gasteiger partial charge in [0.2, 0.25) is 0 Å². The van der Waals surface area contributed by atoms with Crippen LogP contribution in [-0.2, 0) is 27.2 Å². The van der Waals surface area contributed by atoms with Crippen molar-refractivity contribution in [1.82, 2.24) is 4.98 Å². The normalized spacial score (nSPS) is 11.9. The molecule has 3 aromatic rings. The first kappa shape index (κ1) is 26.2. The Bertz CT molecular complexity index is 1160. The Morgan fingerprint density at radius 3 is 2.34 bits per heavy atom. The largest absolute Gasteiger partial charge is 0.482 e. The molecule has 0 saturated heterocycles. The smallest absolute Gasteiger partial charge is 0.416 e. The van der Waals surface area contributed by atoms with Crippen LogP contribution in [0.15, 0.2) is 53.7 Å². The lowest BCUT2D eigenvalue weighted by atomic mass is 10.1. The average Bonchev–Trinajstić information content (AvgIpc) is 3.21. The predicted molar refractivity (Wildman–Crippen MR) is 127 cm³/mol. The number of halogens is 3. The van der Waals surface area contributed by atoms with Crippen molar-refractivity contribution < 1.29 is 32.3 Å². The number of hydrogen-bond acceptors (Lipinski definition) is 7. The number of hydrogen-bond donors (Lipinski definition) is 0. The minimum atomic E-state index is -4.37. The van der Waals surface area contributed by atoms with Gasteiger partial charge in [-0.15, -0.1) is 11.3 Å². The van der Waals surface area contributed by atoms with Crippen molar-refractivity contribution in [2.75, 3.05) is 13.2 Å². The summed E-state index contributed by atoms with van der Waals surface area (Å²) in [4.78, 5) is 22.3. The topological polar surface area (TPSA) is 70.0 Å². The van der Waals surface area contributed by atoms with E-state index in [2.05, 4.69) is 10.1 Å². The zero-order valence-electron chi connectivity index (χ0n) is 19.5. The van der Waals surface area contributed by atoms with Gasteiger partial charge < -0.3 is 14.3 Å². The molecule has 0 aliphatic heterocycles. The van der Waals surface area contributed by atoms with Crippen LogP contribution in [0.25, 0.3) is 10.6 Å². The third-order valence-electron chi connectivity index (χ3n) is 4.91. The maximum absolute atomic E-state index is 12.8. The van der Waals surface area contributed by atoms with Crippen molar-refractivity contribution in [1.29, 1.82) is 0 Å². The maximum Gasteiger partial charge on any atom is 0.416 e. The lowest BCUT2D eigenvalue weighted by molar-refractivity contribution is -0.145. The molecule has 0 atom stereocenters. The van der Waals surface area contributed by atoms with Gasteiger partial charge in [0, 0.05) is 5.56 Å². The number of aromatic nitrogens is 1. The minimum Gasteiger partial charge on any atom is -0.482 e. The van der Waals surface area contributed by atoms with Gasteiger partial charge in [0.1, 0.15) is 10.8 Å². The van der Waals surface area contributed by atoms with Crippen molar-refractivity contribution in [3.63, 3.8) is 0 Å². The van der Waals surface area contributed by atoms with Gasteiger partial charge in [-0.25, -0.2) is 9.78 Å². The van der Waals surface area contributed by atoms with Gasteiger partial charge in [-0.2, -0.15) is 13.2 Å². The first-order valence-corrected chi connectivity index (χ1v) is 11.7. The van der Waals surface area contributed by atoms with Crippen molar-refractivity contribution in [2.24, 2.45) is 5.16 Å². The predicted octanol–water partition coefficient (Wildman–Crippen LogP) is 6.41. The van der Waals surface area contributed by atoms with E-state index in [0.717, 1.165) is 34.0 Å². The summed E-state index contributed by atoms with van der Waals surface area (Å²) in [5.41, 5.74) is 2.23. The molecule has 2 aromatic carbocycles. The summed E-state index contributed by atoms with van der Waals surface area (Å²) in [6, 6.07) is 12.1. The molecule has 1 aromatic heterocycles. The van der Waals surface area contributed by atoms with Crippen molar-refractivity contribution in [3.8, 4) is 16.3 Å². The molecule has 6 nitrogen and oxygen atoms in total. The molecule has 0 bridgehead atoms. The molecule has 0 radical (unpaired) electrons. The molecular formula is C25H25F3N2O4S. The van der Waals surface area contributed by atoms with E-state index in [0.29, 0.717) is 29.3 Å². The maximum atomic E-state index is 12.8. The van der Waals surface area contributed by atoms with E-state index in [4.69, 9.17) is 14.3 Å². The first-order chi connectivity index (χ1) is 16.7. The highest BCUT2D eigenvalue weighted by atomic mass is 32.1. The summed E-state index contributed by atoms with van der Waals surface area (Å²) in [7, 11) is 0. The second-order valence-electron chi connectivity index (χ2n) is 7.39. The molecule has 0 amide bonds. The molecular weight excluding hydrogens is 481 g/mol. The second-order valence-corrected chi connectivity index (χ2v) is 8.47. The molecule has 10 heteroatoms. The summed E-state index contributed by atoms with van der Waals surface area (Å²) < 4.78 is 48.6.